The van der Waals surface area contributed by atoms with Crippen LogP contribution in [0.25, 0.3) is 0 Å². The molecule has 1 fully saturated rings. The van der Waals surface area contributed by atoms with Crippen LogP contribution >= 0.6 is 0 Å². The average molecular weight is 309 g/mol. The molecule has 2 aliphatic rings. The van der Waals surface area contributed by atoms with Crippen LogP contribution in [0.2, 0.25) is 0 Å². The summed E-state index contributed by atoms with van der Waals surface area (Å²) in [7, 11) is 0. The maximum Gasteiger partial charge on any atom is 0.253 e. The first kappa shape index (κ1) is 14.2. The van der Waals surface area contributed by atoms with Crippen LogP contribution in [-0.2, 0) is 6.54 Å². The summed E-state index contributed by atoms with van der Waals surface area (Å²) in [4.78, 5) is 27.6. The molecule has 1 aromatic heterocycles. The third-order valence-corrected chi connectivity index (χ3v) is 5.09. The summed E-state index contributed by atoms with van der Waals surface area (Å²) >= 11 is 0. The molecule has 0 spiro atoms. The molecule has 3 atom stereocenters. The van der Waals surface area contributed by atoms with Crippen LogP contribution < -0.4 is 21.5 Å². The van der Waals surface area contributed by atoms with E-state index in [0.29, 0.717) is 35.7 Å². The average Bonchev–Trinajstić information content (AvgIpc) is 3.20. The highest BCUT2D eigenvalue weighted by molar-refractivity contribution is 5.74. The lowest BCUT2D eigenvalue weighted by molar-refractivity contribution is 0.472. The van der Waals surface area contributed by atoms with Crippen LogP contribution in [0.1, 0.15) is 18.4 Å². The van der Waals surface area contributed by atoms with Crippen molar-refractivity contribution in [2.24, 2.45) is 17.8 Å². The molecule has 0 amide bonds. The summed E-state index contributed by atoms with van der Waals surface area (Å²) in [5.74, 6) is 1.92. The van der Waals surface area contributed by atoms with E-state index in [0.717, 1.165) is 12.1 Å². The first-order valence-corrected chi connectivity index (χ1v) is 8.10. The van der Waals surface area contributed by atoms with Crippen LogP contribution in [0.15, 0.2) is 46.3 Å². The van der Waals surface area contributed by atoms with Crippen molar-refractivity contribution in [2.75, 3.05) is 17.2 Å². The summed E-state index contributed by atoms with van der Waals surface area (Å²) in [5, 5.41) is 6.29. The molecule has 0 radical (unpaired) electrons. The normalized spacial score (nSPS) is 25.1. The van der Waals surface area contributed by atoms with Crippen LogP contribution in [0.5, 0.6) is 0 Å². The molecule has 5 nitrogen and oxygen atoms in total. The lowest BCUT2D eigenvalue weighted by Gasteiger charge is -2.21. The van der Waals surface area contributed by atoms with Gasteiger partial charge >= 0.3 is 0 Å². The van der Waals surface area contributed by atoms with E-state index in [9.17, 15) is 9.59 Å². The molecule has 118 valence electrons. The van der Waals surface area contributed by atoms with Gasteiger partial charge in [0.2, 0.25) is 0 Å². The Morgan fingerprint density at radius 2 is 1.74 bits per heavy atom. The zero-order chi connectivity index (χ0) is 15.8. The molecule has 2 aliphatic carbocycles. The number of allylic oxidation sites excluding steroid dienone is 2. The molecule has 2 aromatic rings. The van der Waals surface area contributed by atoms with Crippen LogP contribution in [0.3, 0.4) is 0 Å². The number of rotatable bonds is 6. The van der Waals surface area contributed by atoms with Crippen molar-refractivity contribution in [1.82, 2.24) is 4.98 Å². The molecular weight excluding hydrogens is 290 g/mol. The minimum atomic E-state index is -0.422. The lowest BCUT2D eigenvalue weighted by Crippen LogP contribution is -2.38. The Labute approximate surface area is 134 Å². The summed E-state index contributed by atoms with van der Waals surface area (Å²) in [6, 6.07) is 3.76. The van der Waals surface area contributed by atoms with E-state index in [-0.39, 0.29) is 0 Å². The number of fused-ring (bicyclic) bond motifs is 2. The van der Waals surface area contributed by atoms with E-state index in [1.165, 1.54) is 12.8 Å². The summed E-state index contributed by atoms with van der Waals surface area (Å²) in [6.45, 7) is 1.28. The number of nitrogens with one attached hydrogen (secondary N) is 2. The highest BCUT2D eigenvalue weighted by Crippen LogP contribution is 2.43. The van der Waals surface area contributed by atoms with Gasteiger partial charge in [0.25, 0.3) is 10.9 Å². The van der Waals surface area contributed by atoms with E-state index in [1.807, 2.05) is 12.1 Å². The Morgan fingerprint density at radius 3 is 2.39 bits per heavy atom. The third kappa shape index (κ3) is 2.56. The molecule has 2 N–H and O–H groups in total. The molecular formula is C18H19N3O2. The highest BCUT2D eigenvalue weighted by Gasteiger charge is 2.35. The van der Waals surface area contributed by atoms with Gasteiger partial charge in [0.1, 0.15) is 11.4 Å². The Morgan fingerprint density at radius 1 is 1.00 bits per heavy atom. The molecule has 1 aromatic carbocycles. The van der Waals surface area contributed by atoms with Crippen molar-refractivity contribution in [3.05, 3.63) is 62.7 Å². The van der Waals surface area contributed by atoms with Crippen molar-refractivity contribution in [2.45, 2.75) is 19.4 Å². The zero-order valence-corrected chi connectivity index (χ0v) is 12.8. The van der Waals surface area contributed by atoms with E-state index >= 15 is 0 Å². The van der Waals surface area contributed by atoms with Gasteiger partial charge in [-0.2, -0.15) is 0 Å². The number of anilines is 2. The predicted octanol–water partition coefficient (Wildman–Crippen LogP) is 1.91. The lowest BCUT2D eigenvalue weighted by atomic mass is 9.93. The van der Waals surface area contributed by atoms with E-state index in [4.69, 9.17) is 0 Å². The fraction of sp³-hybridized carbons (Fsp3) is 0.389. The molecule has 1 heterocycles. The van der Waals surface area contributed by atoms with E-state index < -0.39 is 10.9 Å². The second-order valence-electron chi connectivity index (χ2n) is 6.54. The first-order valence-electron chi connectivity index (χ1n) is 8.10. The van der Waals surface area contributed by atoms with Crippen molar-refractivity contribution in [3.63, 3.8) is 0 Å². The van der Waals surface area contributed by atoms with Gasteiger partial charge in [-0.05, 0) is 48.3 Å². The first-order chi connectivity index (χ1) is 11.2. The highest BCUT2D eigenvalue weighted by atomic mass is 16.2. The molecule has 1 saturated carbocycles. The fourth-order valence-corrected chi connectivity index (χ4v) is 3.78. The van der Waals surface area contributed by atoms with Gasteiger partial charge in [-0.1, -0.05) is 12.2 Å². The third-order valence-electron chi connectivity index (χ3n) is 5.09. The molecule has 2 bridgehead atoms. The Hall–Kier alpha value is -2.43. The molecule has 0 unspecified atom stereocenters. The Kier molecular flexibility index (Phi) is 3.48. The number of hydrogen-bond acceptors (Lipinski definition) is 5. The summed E-state index contributed by atoms with van der Waals surface area (Å²) in [6.07, 6.45) is 10.4. The largest absolute Gasteiger partial charge is 0.380 e. The van der Waals surface area contributed by atoms with Crippen molar-refractivity contribution >= 4 is 11.4 Å². The zero-order valence-electron chi connectivity index (χ0n) is 12.8. The molecule has 23 heavy (non-hydrogen) atoms. The van der Waals surface area contributed by atoms with E-state index in [1.54, 1.807) is 12.4 Å². The standard InChI is InChI=1S/C18H19N3O2/c22-17-15(20-9-11-3-5-19-6-4-11)16(18(17)23)21-10-14-8-12-1-2-13(14)7-12/h1-6,12-14,20-21H,7-10H2/t12-,13+,14-/m1/s1. The topological polar surface area (TPSA) is 71.1 Å². The number of nitrogens with zero attached hydrogens (tertiary/aromatic N) is 1. The van der Waals surface area contributed by atoms with Gasteiger partial charge in [-0.15, -0.1) is 0 Å². The van der Waals surface area contributed by atoms with Crippen LogP contribution in [-0.4, -0.2) is 11.5 Å². The van der Waals surface area contributed by atoms with Crippen molar-refractivity contribution < 1.29 is 0 Å². The van der Waals surface area contributed by atoms with Gasteiger partial charge in [-0.25, -0.2) is 0 Å². The van der Waals surface area contributed by atoms with Crippen LogP contribution in [0, 0.1) is 17.8 Å². The number of pyridine rings is 1. The number of aromatic nitrogens is 1. The minimum Gasteiger partial charge on any atom is -0.380 e. The second kappa shape index (κ2) is 5.65. The smallest absolute Gasteiger partial charge is 0.253 e. The molecule has 4 rings (SSSR count). The maximum atomic E-state index is 11.8. The summed E-state index contributed by atoms with van der Waals surface area (Å²) < 4.78 is 0. The predicted molar refractivity (Wildman–Crippen MR) is 90.3 cm³/mol. The number of hydrogen-bond donors (Lipinski definition) is 2. The summed E-state index contributed by atoms with van der Waals surface area (Å²) in [5.41, 5.74) is 1.08. The second-order valence-corrected chi connectivity index (χ2v) is 6.54. The molecule has 0 aliphatic heterocycles. The molecule has 5 heteroatoms. The quantitative estimate of drug-likeness (QED) is 0.630. The Balaban J connectivity index is 1.39. The molecule has 0 saturated heterocycles. The minimum absolute atomic E-state index is 0.402. The van der Waals surface area contributed by atoms with Gasteiger partial charge in [0.05, 0.1) is 0 Å². The van der Waals surface area contributed by atoms with Gasteiger partial charge in [0, 0.05) is 25.5 Å². The van der Waals surface area contributed by atoms with Crippen molar-refractivity contribution in [3.8, 4) is 0 Å². The fourth-order valence-electron chi connectivity index (χ4n) is 3.78. The monoisotopic (exact) mass is 309 g/mol. The van der Waals surface area contributed by atoms with E-state index in [2.05, 4.69) is 27.8 Å². The SMILES string of the molecule is O=c1c(NCc2ccncc2)c(NC[C@H]2C[C@@H]3C=C[C@H]2C3)c1=O. The van der Waals surface area contributed by atoms with Crippen LogP contribution in [0.4, 0.5) is 11.4 Å². The van der Waals surface area contributed by atoms with Gasteiger partial charge in [-0.3, -0.25) is 14.6 Å². The van der Waals surface area contributed by atoms with Crippen molar-refractivity contribution in [1.29, 1.82) is 0 Å². The van der Waals surface area contributed by atoms with Gasteiger partial charge in [0.15, 0.2) is 0 Å². The maximum absolute atomic E-state index is 11.8. The Bertz CT molecular complexity index is 805. The van der Waals surface area contributed by atoms with Gasteiger partial charge < -0.3 is 10.6 Å².